The Labute approximate surface area is 118 Å². The molecule has 1 aliphatic rings. The molecule has 0 saturated carbocycles. The van der Waals surface area contributed by atoms with Gasteiger partial charge in [-0.3, -0.25) is 4.90 Å². The highest BCUT2D eigenvalue weighted by Crippen LogP contribution is 2.17. The molecule has 1 saturated heterocycles. The third-order valence-corrected chi connectivity index (χ3v) is 3.72. The summed E-state index contributed by atoms with van der Waals surface area (Å²) in [6.45, 7) is 2.73. The second kappa shape index (κ2) is 6.41. The van der Waals surface area contributed by atoms with Gasteiger partial charge < -0.3 is 10.5 Å². The molecule has 1 atom stereocenters. The van der Waals surface area contributed by atoms with Crippen LogP contribution in [0.5, 0.6) is 0 Å². The minimum atomic E-state index is -0.357. The molecule has 1 heterocycles. The van der Waals surface area contributed by atoms with Gasteiger partial charge in [0.25, 0.3) is 0 Å². The lowest BCUT2D eigenvalue weighted by Gasteiger charge is -2.31. The molecule has 3 nitrogen and oxygen atoms in total. The van der Waals surface area contributed by atoms with E-state index in [0.29, 0.717) is 11.7 Å². The van der Waals surface area contributed by atoms with Gasteiger partial charge in [0.05, 0.1) is 6.10 Å². The third kappa shape index (κ3) is 3.72. The van der Waals surface area contributed by atoms with E-state index in [4.69, 9.17) is 22.7 Å². The van der Waals surface area contributed by atoms with Crippen molar-refractivity contribution in [1.29, 1.82) is 0 Å². The van der Waals surface area contributed by atoms with Gasteiger partial charge in [0.1, 0.15) is 10.8 Å². The van der Waals surface area contributed by atoms with E-state index in [1.165, 1.54) is 6.07 Å². The van der Waals surface area contributed by atoms with Crippen molar-refractivity contribution in [2.75, 3.05) is 20.2 Å². The number of nitrogens with two attached hydrogens (primary N) is 1. The smallest absolute Gasteiger partial charge is 0.133 e. The number of benzene rings is 1. The minimum absolute atomic E-state index is 0.104. The molecule has 104 valence electrons. The molecule has 19 heavy (non-hydrogen) atoms. The molecule has 1 aromatic rings. The quantitative estimate of drug-likeness (QED) is 0.858. The molecule has 0 bridgehead atoms. The van der Waals surface area contributed by atoms with Crippen LogP contribution in [-0.4, -0.2) is 36.2 Å². The number of methoxy groups -OCH3 is 1. The Morgan fingerprint density at radius 1 is 1.58 bits per heavy atom. The van der Waals surface area contributed by atoms with Crippen LogP contribution >= 0.6 is 12.2 Å². The largest absolute Gasteiger partial charge is 0.389 e. The maximum absolute atomic E-state index is 13.5. The fourth-order valence-corrected chi connectivity index (χ4v) is 2.62. The Hall–Kier alpha value is -1.04. The average molecular weight is 282 g/mol. The summed E-state index contributed by atoms with van der Waals surface area (Å²) in [7, 11) is 1.75. The first-order chi connectivity index (χ1) is 9.10. The normalized spacial score (nSPS) is 20.4. The molecule has 0 aliphatic carbocycles. The first-order valence-corrected chi connectivity index (χ1v) is 6.84. The topological polar surface area (TPSA) is 38.5 Å². The van der Waals surface area contributed by atoms with Crippen molar-refractivity contribution in [2.24, 2.45) is 5.73 Å². The number of ether oxygens (including phenoxy) is 1. The average Bonchev–Trinajstić information content (AvgIpc) is 2.41. The Bertz CT molecular complexity index is 467. The third-order valence-electron chi connectivity index (χ3n) is 3.50. The van der Waals surface area contributed by atoms with Crippen molar-refractivity contribution < 1.29 is 9.13 Å². The summed E-state index contributed by atoms with van der Waals surface area (Å²) >= 11 is 4.86. The van der Waals surface area contributed by atoms with E-state index in [2.05, 4.69) is 4.90 Å². The van der Waals surface area contributed by atoms with Crippen molar-refractivity contribution in [2.45, 2.75) is 25.5 Å². The molecule has 0 radical (unpaired) electrons. The molecule has 2 N–H and O–H groups in total. The number of nitrogens with zero attached hydrogens (tertiary/aromatic N) is 1. The molecule has 0 amide bonds. The van der Waals surface area contributed by atoms with Gasteiger partial charge >= 0.3 is 0 Å². The van der Waals surface area contributed by atoms with Crippen molar-refractivity contribution in [3.05, 3.63) is 35.1 Å². The maximum atomic E-state index is 13.5. The highest BCUT2D eigenvalue weighted by atomic mass is 32.1. The lowest BCUT2D eigenvalue weighted by Crippen LogP contribution is -2.38. The van der Waals surface area contributed by atoms with E-state index in [0.717, 1.165) is 38.0 Å². The summed E-state index contributed by atoms with van der Waals surface area (Å²) in [4.78, 5) is 2.42. The number of hydrogen-bond acceptors (Lipinski definition) is 3. The summed E-state index contributed by atoms with van der Waals surface area (Å²) in [5.41, 5.74) is 6.87. The fraction of sp³-hybridized carbons (Fsp3) is 0.500. The second-order valence-electron chi connectivity index (χ2n) is 4.91. The predicted octanol–water partition coefficient (Wildman–Crippen LogP) is 2.07. The lowest BCUT2D eigenvalue weighted by molar-refractivity contribution is 0.0285. The molecule has 0 spiro atoms. The Morgan fingerprint density at radius 2 is 2.37 bits per heavy atom. The number of halogens is 1. The zero-order valence-electron chi connectivity index (χ0n) is 11.1. The van der Waals surface area contributed by atoms with Gasteiger partial charge in [-0.05, 0) is 37.1 Å². The van der Waals surface area contributed by atoms with Crippen molar-refractivity contribution in [3.8, 4) is 0 Å². The van der Waals surface area contributed by atoms with Crippen LogP contribution in [0.3, 0.4) is 0 Å². The van der Waals surface area contributed by atoms with E-state index in [-0.39, 0.29) is 10.8 Å². The number of rotatable bonds is 4. The van der Waals surface area contributed by atoms with E-state index < -0.39 is 0 Å². The standard InChI is InChI=1S/C14H19FN2OS/c1-18-11-3-2-6-17(9-11)8-10-4-5-13(15)12(7-10)14(16)19/h4-5,7,11H,2-3,6,8-9H2,1H3,(H2,16,19). The SMILES string of the molecule is COC1CCCN(Cc2ccc(F)c(C(N)=S)c2)C1. The van der Waals surface area contributed by atoms with Crippen molar-refractivity contribution >= 4 is 17.2 Å². The highest BCUT2D eigenvalue weighted by Gasteiger charge is 2.19. The molecule has 1 fully saturated rings. The van der Waals surface area contributed by atoms with Crippen molar-refractivity contribution in [3.63, 3.8) is 0 Å². The maximum Gasteiger partial charge on any atom is 0.133 e. The van der Waals surface area contributed by atoms with E-state index in [1.54, 1.807) is 19.2 Å². The second-order valence-corrected chi connectivity index (χ2v) is 5.35. The van der Waals surface area contributed by atoms with Gasteiger partial charge in [-0.15, -0.1) is 0 Å². The highest BCUT2D eigenvalue weighted by molar-refractivity contribution is 7.80. The van der Waals surface area contributed by atoms with Gasteiger partial charge in [0.15, 0.2) is 0 Å². The number of likely N-dealkylation sites (tertiary alicyclic amines) is 1. The van der Waals surface area contributed by atoms with Crippen LogP contribution in [0.4, 0.5) is 4.39 Å². The van der Waals surface area contributed by atoms with Crippen LogP contribution in [0.15, 0.2) is 18.2 Å². The van der Waals surface area contributed by atoms with Gasteiger partial charge in [-0.1, -0.05) is 18.3 Å². The summed E-state index contributed by atoms with van der Waals surface area (Å²) in [5.74, 6) is -0.357. The van der Waals surface area contributed by atoms with E-state index in [1.807, 2.05) is 0 Å². The number of piperidine rings is 1. The van der Waals surface area contributed by atoms with Crippen LogP contribution in [0.2, 0.25) is 0 Å². The van der Waals surface area contributed by atoms with Crippen molar-refractivity contribution in [1.82, 2.24) is 4.90 Å². The van der Waals surface area contributed by atoms with Crippen LogP contribution < -0.4 is 5.73 Å². The number of thiocarbonyl (C=S) groups is 1. The zero-order valence-corrected chi connectivity index (χ0v) is 11.9. The molecule has 2 rings (SSSR count). The number of hydrogen-bond donors (Lipinski definition) is 1. The zero-order chi connectivity index (χ0) is 13.8. The summed E-state index contributed by atoms with van der Waals surface area (Å²) in [6.07, 6.45) is 2.53. The van der Waals surface area contributed by atoms with E-state index in [9.17, 15) is 4.39 Å². The van der Waals surface area contributed by atoms with Gasteiger partial charge in [0.2, 0.25) is 0 Å². The van der Waals surface area contributed by atoms with Crippen LogP contribution in [0.1, 0.15) is 24.0 Å². The molecule has 0 aromatic heterocycles. The monoisotopic (exact) mass is 282 g/mol. The van der Waals surface area contributed by atoms with E-state index >= 15 is 0 Å². The molecule has 1 unspecified atom stereocenters. The molecule has 1 aliphatic heterocycles. The first kappa shape index (κ1) is 14.4. The summed E-state index contributed by atoms with van der Waals surface area (Å²) in [6, 6.07) is 4.96. The molecular weight excluding hydrogens is 263 g/mol. The Balaban J connectivity index is 2.06. The predicted molar refractivity (Wildman–Crippen MR) is 77.6 cm³/mol. The van der Waals surface area contributed by atoms with Gasteiger partial charge in [-0.2, -0.15) is 0 Å². The van der Waals surface area contributed by atoms with Crippen LogP contribution in [0.25, 0.3) is 0 Å². The van der Waals surface area contributed by atoms with Gasteiger partial charge in [0, 0.05) is 25.8 Å². The molecular formula is C14H19FN2OS. The summed E-state index contributed by atoms with van der Waals surface area (Å²) in [5, 5.41) is 0. The Morgan fingerprint density at radius 3 is 3.05 bits per heavy atom. The molecule has 1 aromatic carbocycles. The first-order valence-electron chi connectivity index (χ1n) is 6.43. The fourth-order valence-electron chi connectivity index (χ4n) is 2.47. The Kier molecular flexibility index (Phi) is 4.85. The summed E-state index contributed by atoms with van der Waals surface area (Å²) < 4.78 is 18.9. The van der Waals surface area contributed by atoms with Gasteiger partial charge in [-0.25, -0.2) is 4.39 Å². The van der Waals surface area contributed by atoms with Crippen LogP contribution in [0, 0.1) is 5.82 Å². The van der Waals surface area contributed by atoms with Crippen LogP contribution in [-0.2, 0) is 11.3 Å². The minimum Gasteiger partial charge on any atom is -0.389 e. The lowest BCUT2D eigenvalue weighted by atomic mass is 10.1. The molecule has 5 heteroatoms.